The largest absolute Gasteiger partial charge is 0.467 e. The molecule has 5 heteroatoms. The van der Waals surface area contributed by atoms with E-state index in [1.807, 2.05) is 0 Å². The summed E-state index contributed by atoms with van der Waals surface area (Å²) < 4.78 is 4.98. The third-order valence-corrected chi connectivity index (χ3v) is 4.91. The molecule has 2 heterocycles. The van der Waals surface area contributed by atoms with Crippen LogP contribution >= 0.6 is 0 Å². The van der Waals surface area contributed by atoms with Crippen molar-refractivity contribution in [3.8, 4) is 0 Å². The molecular formula is C16H20N2O3. The minimum atomic E-state index is -0.779. The van der Waals surface area contributed by atoms with Crippen molar-refractivity contribution < 1.29 is 14.3 Å². The summed E-state index contributed by atoms with van der Waals surface area (Å²) in [5, 5.41) is 0. The zero-order chi connectivity index (χ0) is 15.0. The number of nitrogens with zero attached hydrogens (tertiary/aromatic N) is 2. The van der Waals surface area contributed by atoms with Gasteiger partial charge in [0.1, 0.15) is 11.2 Å². The summed E-state index contributed by atoms with van der Waals surface area (Å²) in [5.74, 6) is -0.0546. The van der Waals surface area contributed by atoms with Gasteiger partial charge in [-0.05, 0) is 30.9 Å². The van der Waals surface area contributed by atoms with E-state index in [-0.39, 0.29) is 17.9 Å². The Kier molecular flexibility index (Phi) is 3.43. The molecule has 1 saturated carbocycles. The van der Waals surface area contributed by atoms with E-state index in [0.29, 0.717) is 24.5 Å². The standard InChI is InChI=1S/C16H20N2O3/c1-11-6-5-8-16(15(20)21-2)10-13(11)18(16)14(19)12-7-3-4-9-17-12/h3-4,7,9,11,13H,5-6,8,10H2,1-2H3. The van der Waals surface area contributed by atoms with Gasteiger partial charge in [0.25, 0.3) is 5.91 Å². The van der Waals surface area contributed by atoms with E-state index in [1.165, 1.54) is 7.11 Å². The Bertz CT molecular complexity index is 560. The quantitative estimate of drug-likeness (QED) is 0.781. The molecule has 1 saturated heterocycles. The number of hydrogen-bond donors (Lipinski definition) is 0. The van der Waals surface area contributed by atoms with Crippen LogP contribution in [0.25, 0.3) is 0 Å². The van der Waals surface area contributed by atoms with Crippen molar-refractivity contribution in [2.45, 2.75) is 44.2 Å². The molecule has 112 valence electrons. The summed E-state index contributed by atoms with van der Waals surface area (Å²) in [5.41, 5.74) is -0.386. The first-order chi connectivity index (χ1) is 10.1. The molecule has 1 aromatic rings. The molecule has 1 amide bonds. The van der Waals surface area contributed by atoms with E-state index >= 15 is 0 Å². The first-order valence-corrected chi connectivity index (χ1v) is 7.43. The number of esters is 1. The lowest BCUT2D eigenvalue weighted by Gasteiger charge is -2.56. The minimum Gasteiger partial charge on any atom is -0.467 e. The second-order valence-electron chi connectivity index (χ2n) is 6.05. The number of amides is 1. The Hall–Kier alpha value is -1.91. The summed E-state index contributed by atoms with van der Waals surface area (Å²) in [6.07, 6.45) is 4.97. The molecule has 2 aliphatic rings. The van der Waals surface area contributed by atoms with Gasteiger partial charge in [-0.2, -0.15) is 0 Å². The van der Waals surface area contributed by atoms with Crippen molar-refractivity contribution in [2.24, 2.45) is 5.92 Å². The smallest absolute Gasteiger partial charge is 0.331 e. The molecular weight excluding hydrogens is 268 g/mol. The summed E-state index contributed by atoms with van der Waals surface area (Å²) in [6.45, 7) is 2.15. The predicted molar refractivity (Wildman–Crippen MR) is 76.6 cm³/mol. The van der Waals surface area contributed by atoms with E-state index in [0.717, 1.165) is 12.8 Å². The summed E-state index contributed by atoms with van der Waals surface area (Å²) in [7, 11) is 1.39. The van der Waals surface area contributed by atoms with Crippen LogP contribution in [0, 0.1) is 5.92 Å². The van der Waals surface area contributed by atoms with Crippen molar-refractivity contribution in [3.63, 3.8) is 0 Å². The first-order valence-electron chi connectivity index (χ1n) is 7.43. The van der Waals surface area contributed by atoms with Crippen LogP contribution in [0.1, 0.15) is 43.1 Å². The molecule has 0 N–H and O–H groups in total. The molecule has 1 aromatic heterocycles. The molecule has 2 fully saturated rings. The predicted octanol–water partition coefficient (Wildman–Crippen LogP) is 2.03. The lowest BCUT2D eigenvalue weighted by molar-refractivity contribution is -0.168. The maximum Gasteiger partial charge on any atom is 0.331 e. The summed E-state index contributed by atoms with van der Waals surface area (Å²) >= 11 is 0. The number of pyridine rings is 1. The third-order valence-electron chi connectivity index (χ3n) is 4.91. The lowest BCUT2D eigenvalue weighted by atomic mass is 9.74. The Balaban J connectivity index is 1.97. The molecule has 0 radical (unpaired) electrons. The van der Waals surface area contributed by atoms with Crippen LogP contribution < -0.4 is 0 Å². The first kappa shape index (κ1) is 14.0. The van der Waals surface area contributed by atoms with Gasteiger partial charge < -0.3 is 9.64 Å². The SMILES string of the molecule is COC(=O)C12CCCC(C)C(C1)N2C(=O)c1ccccn1. The van der Waals surface area contributed by atoms with Gasteiger partial charge in [0.15, 0.2) is 0 Å². The number of aromatic nitrogens is 1. The Morgan fingerprint density at radius 3 is 2.90 bits per heavy atom. The van der Waals surface area contributed by atoms with Crippen LogP contribution in [0.5, 0.6) is 0 Å². The van der Waals surface area contributed by atoms with Crippen molar-refractivity contribution in [3.05, 3.63) is 30.1 Å². The molecule has 3 unspecified atom stereocenters. The number of carbonyl (C=O) groups excluding carboxylic acids is 2. The number of likely N-dealkylation sites (tertiary alicyclic amines) is 1. The van der Waals surface area contributed by atoms with Crippen molar-refractivity contribution in [1.29, 1.82) is 0 Å². The van der Waals surface area contributed by atoms with E-state index in [4.69, 9.17) is 4.74 Å². The Labute approximate surface area is 124 Å². The van der Waals surface area contributed by atoms with Crippen LogP contribution in [-0.4, -0.2) is 40.5 Å². The topological polar surface area (TPSA) is 59.5 Å². The van der Waals surface area contributed by atoms with E-state index in [1.54, 1.807) is 29.3 Å². The number of rotatable bonds is 2. The van der Waals surface area contributed by atoms with Crippen LogP contribution in [0.3, 0.4) is 0 Å². The van der Waals surface area contributed by atoms with Gasteiger partial charge in [-0.3, -0.25) is 9.78 Å². The zero-order valence-corrected chi connectivity index (χ0v) is 12.4. The van der Waals surface area contributed by atoms with Gasteiger partial charge in [-0.1, -0.05) is 19.4 Å². The highest BCUT2D eigenvalue weighted by atomic mass is 16.5. The molecule has 1 aliphatic heterocycles. The second-order valence-corrected chi connectivity index (χ2v) is 6.05. The molecule has 3 atom stereocenters. The molecule has 1 aliphatic carbocycles. The molecule has 2 bridgehead atoms. The number of ether oxygens (including phenoxy) is 1. The summed E-state index contributed by atoms with van der Waals surface area (Å²) in [4.78, 5) is 31.0. The van der Waals surface area contributed by atoms with E-state index < -0.39 is 5.54 Å². The highest BCUT2D eigenvalue weighted by Gasteiger charge is 2.62. The van der Waals surface area contributed by atoms with Crippen molar-refractivity contribution in [1.82, 2.24) is 9.88 Å². The fraction of sp³-hybridized carbons (Fsp3) is 0.562. The van der Waals surface area contributed by atoms with Crippen molar-refractivity contribution in [2.75, 3.05) is 7.11 Å². The third kappa shape index (κ3) is 2.03. The molecule has 5 nitrogen and oxygen atoms in total. The van der Waals surface area contributed by atoms with Crippen molar-refractivity contribution >= 4 is 11.9 Å². The summed E-state index contributed by atoms with van der Waals surface area (Å²) in [6, 6.07) is 5.37. The molecule has 3 rings (SSSR count). The van der Waals surface area contributed by atoms with Gasteiger partial charge in [0.05, 0.1) is 7.11 Å². The zero-order valence-electron chi connectivity index (χ0n) is 12.4. The maximum absolute atomic E-state index is 12.8. The van der Waals surface area contributed by atoms with Gasteiger partial charge in [0.2, 0.25) is 0 Å². The van der Waals surface area contributed by atoms with Gasteiger partial charge >= 0.3 is 5.97 Å². The van der Waals surface area contributed by atoms with Gasteiger partial charge in [0, 0.05) is 18.7 Å². The fourth-order valence-electron chi connectivity index (χ4n) is 3.76. The van der Waals surface area contributed by atoms with Crippen LogP contribution in [0.4, 0.5) is 0 Å². The fourth-order valence-corrected chi connectivity index (χ4v) is 3.76. The number of methoxy groups -OCH3 is 1. The number of hydrogen-bond acceptors (Lipinski definition) is 4. The minimum absolute atomic E-state index is 0.112. The average molecular weight is 288 g/mol. The molecule has 0 spiro atoms. The Morgan fingerprint density at radius 1 is 1.43 bits per heavy atom. The lowest BCUT2D eigenvalue weighted by Crippen LogP contribution is -2.72. The van der Waals surface area contributed by atoms with Crippen LogP contribution in [-0.2, 0) is 9.53 Å². The van der Waals surface area contributed by atoms with E-state index in [9.17, 15) is 9.59 Å². The normalized spacial score (nSPS) is 31.0. The number of fused-ring (bicyclic) bond motifs is 2. The second kappa shape index (κ2) is 5.13. The maximum atomic E-state index is 12.8. The average Bonchev–Trinajstić information content (AvgIpc) is 2.75. The van der Waals surface area contributed by atoms with Crippen LogP contribution in [0.15, 0.2) is 24.4 Å². The van der Waals surface area contributed by atoms with E-state index in [2.05, 4.69) is 11.9 Å². The molecule has 0 aromatic carbocycles. The van der Waals surface area contributed by atoms with Crippen LogP contribution in [0.2, 0.25) is 0 Å². The highest BCUT2D eigenvalue weighted by Crippen LogP contribution is 2.49. The highest BCUT2D eigenvalue weighted by molar-refractivity contribution is 5.98. The van der Waals surface area contributed by atoms with Gasteiger partial charge in [-0.15, -0.1) is 0 Å². The molecule has 21 heavy (non-hydrogen) atoms. The Morgan fingerprint density at radius 2 is 2.24 bits per heavy atom. The monoisotopic (exact) mass is 288 g/mol. The number of carbonyl (C=O) groups is 2. The van der Waals surface area contributed by atoms with Gasteiger partial charge in [-0.25, -0.2) is 4.79 Å².